The Morgan fingerprint density at radius 2 is 1.71 bits per heavy atom. The number of aromatic nitrogens is 7. The first kappa shape index (κ1) is 26.7. The van der Waals surface area contributed by atoms with Crippen molar-refractivity contribution in [3.8, 4) is 11.3 Å². The molecule has 2 N–H and O–H groups in total. The first-order valence-corrected chi connectivity index (χ1v) is 12.6. The molecule has 4 aromatic heterocycles. The average Bonchev–Trinajstić information content (AvgIpc) is 3.68. The number of aryl methyl sites for hydroxylation is 2. The van der Waals surface area contributed by atoms with Crippen LogP contribution < -0.4 is 10.6 Å². The van der Waals surface area contributed by atoms with Gasteiger partial charge in [0.05, 0.1) is 30.0 Å². The number of anilines is 1. The summed E-state index contributed by atoms with van der Waals surface area (Å²) >= 11 is 0. The summed E-state index contributed by atoms with van der Waals surface area (Å²) in [6.07, 6.45) is 0.846. The van der Waals surface area contributed by atoms with Gasteiger partial charge in [0.15, 0.2) is 11.3 Å². The Kier molecular flexibility index (Phi) is 6.44. The first-order chi connectivity index (χ1) is 20.1. The molecular formula is C28H22F3N9O2. The zero-order valence-electron chi connectivity index (χ0n) is 22.2. The maximum atomic E-state index is 14.2. The summed E-state index contributed by atoms with van der Waals surface area (Å²) in [6, 6.07) is 13.4. The SMILES string of the molecule is Cn1cc(CNC(=O)c2c(NC(=O)c3cnn4c(C(F)(F)F)cc(-c5cccc6ccccc56)nc34)cnn2C)cn1. The molecule has 6 rings (SSSR count). The fraction of sp³-hybridized carbons (Fsp3) is 0.143. The first-order valence-electron chi connectivity index (χ1n) is 12.6. The molecule has 0 radical (unpaired) electrons. The van der Waals surface area contributed by atoms with Gasteiger partial charge in [-0.25, -0.2) is 9.50 Å². The van der Waals surface area contributed by atoms with Gasteiger partial charge in [0.1, 0.15) is 11.3 Å². The Labute approximate surface area is 235 Å². The van der Waals surface area contributed by atoms with Crippen molar-refractivity contribution < 1.29 is 22.8 Å². The maximum Gasteiger partial charge on any atom is 0.433 e. The quantitative estimate of drug-likeness (QED) is 0.308. The number of hydrogen-bond donors (Lipinski definition) is 2. The van der Waals surface area contributed by atoms with Crippen LogP contribution in [0.3, 0.4) is 0 Å². The standard InChI is InChI=1S/C28H22F3N9O2/c1-38-15-16(12-33-38)11-32-27(42)24-22(14-34-39(24)2)37-26(41)20-13-35-40-23(28(29,30)31)10-21(36-25(20)40)19-9-5-7-17-6-3-4-8-18(17)19/h3-10,12-15H,11H2,1-2H3,(H,32,42)(H,37,41). The van der Waals surface area contributed by atoms with Crippen LogP contribution in [-0.4, -0.2) is 46.0 Å². The predicted molar refractivity (Wildman–Crippen MR) is 146 cm³/mol. The van der Waals surface area contributed by atoms with Crippen LogP contribution in [0.5, 0.6) is 0 Å². The molecule has 0 aliphatic carbocycles. The van der Waals surface area contributed by atoms with Gasteiger partial charge in [-0.2, -0.15) is 28.5 Å². The van der Waals surface area contributed by atoms with Gasteiger partial charge in [-0.1, -0.05) is 42.5 Å². The smallest absolute Gasteiger partial charge is 0.346 e. The van der Waals surface area contributed by atoms with Crippen molar-refractivity contribution in [2.75, 3.05) is 5.32 Å². The molecule has 0 aliphatic heterocycles. The number of hydrogen-bond acceptors (Lipinski definition) is 6. The second-order valence-corrected chi connectivity index (χ2v) is 9.53. The molecule has 6 aromatic rings. The van der Waals surface area contributed by atoms with E-state index in [9.17, 15) is 22.8 Å². The molecule has 14 heteroatoms. The van der Waals surface area contributed by atoms with E-state index in [1.807, 2.05) is 18.2 Å². The molecule has 2 amide bonds. The van der Waals surface area contributed by atoms with Crippen LogP contribution in [0.2, 0.25) is 0 Å². The molecule has 11 nitrogen and oxygen atoms in total. The minimum atomic E-state index is -4.79. The molecule has 0 spiro atoms. The zero-order valence-corrected chi connectivity index (χ0v) is 22.2. The van der Waals surface area contributed by atoms with Gasteiger partial charge in [0, 0.05) is 38.0 Å². The van der Waals surface area contributed by atoms with Gasteiger partial charge in [0.2, 0.25) is 0 Å². The van der Waals surface area contributed by atoms with E-state index in [0.717, 1.165) is 23.2 Å². The summed E-state index contributed by atoms with van der Waals surface area (Å²) in [4.78, 5) is 30.8. The largest absolute Gasteiger partial charge is 0.433 e. The van der Waals surface area contributed by atoms with E-state index >= 15 is 0 Å². The molecule has 42 heavy (non-hydrogen) atoms. The van der Waals surface area contributed by atoms with E-state index in [1.54, 1.807) is 48.4 Å². The molecule has 0 atom stereocenters. The Balaban J connectivity index is 1.37. The number of nitrogens with zero attached hydrogens (tertiary/aromatic N) is 7. The van der Waals surface area contributed by atoms with Crippen molar-refractivity contribution in [2.45, 2.75) is 12.7 Å². The third-order valence-electron chi connectivity index (χ3n) is 6.69. The second kappa shape index (κ2) is 10.1. The van der Waals surface area contributed by atoms with Gasteiger partial charge >= 0.3 is 6.18 Å². The molecule has 0 fully saturated rings. The highest BCUT2D eigenvalue weighted by molar-refractivity contribution is 6.11. The van der Waals surface area contributed by atoms with Crippen molar-refractivity contribution in [1.82, 2.24) is 39.5 Å². The summed E-state index contributed by atoms with van der Waals surface area (Å²) in [5.41, 5.74) is -0.239. The summed E-state index contributed by atoms with van der Waals surface area (Å²) in [6.45, 7) is 0.181. The fourth-order valence-corrected chi connectivity index (χ4v) is 4.73. The molecule has 4 heterocycles. The van der Waals surface area contributed by atoms with Gasteiger partial charge in [-0.05, 0) is 16.8 Å². The lowest BCUT2D eigenvalue weighted by Crippen LogP contribution is -2.26. The lowest BCUT2D eigenvalue weighted by molar-refractivity contribution is -0.142. The van der Waals surface area contributed by atoms with Gasteiger partial charge in [-0.3, -0.25) is 19.0 Å². The average molecular weight is 574 g/mol. The Morgan fingerprint density at radius 3 is 2.48 bits per heavy atom. The number of halogens is 3. The highest BCUT2D eigenvalue weighted by Crippen LogP contribution is 2.35. The monoisotopic (exact) mass is 573 g/mol. The summed E-state index contributed by atoms with van der Waals surface area (Å²) in [5.74, 6) is -1.33. The molecule has 0 saturated heterocycles. The molecule has 212 valence electrons. The lowest BCUT2D eigenvalue weighted by Gasteiger charge is -2.13. The van der Waals surface area contributed by atoms with Crippen LogP contribution in [0.4, 0.5) is 18.9 Å². The van der Waals surface area contributed by atoms with E-state index in [2.05, 4.69) is 30.9 Å². The van der Waals surface area contributed by atoms with Crippen LogP contribution in [-0.2, 0) is 26.8 Å². The predicted octanol–water partition coefficient (Wildman–Crippen LogP) is 4.22. The molecule has 0 unspecified atom stereocenters. The highest BCUT2D eigenvalue weighted by Gasteiger charge is 2.36. The Morgan fingerprint density at radius 1 is 0.929 bits per heavy atom. The Hall–Kier alpha value is -5.53. The normalized spacial score (nSPS) is 11.7. The van der Waals surface area contributed by atoms with E-state index in [1.165, 1.54) is 17.9 Å². The van der Waals surface area contributed by atoms with Crippen molar-refractivity contribution in [3.05, 3.63) is 95.8 Å². The van der Waals surface area contributed by atoms with Crippen molar-refractivity contribution in [2.24, 2.45) is 14.1 Å². The van der Waals surface area contributed by atoms with E-state index in [-0.39, 0.29) is 34.8 Å². The molecule has 2 aromatic carbocycles. The van der Waals surface area contributed by atoms with Gasteiger partial charge in [0.25, 0.3) is 11.8 Å². The highest BCUT2D eigenvalue weighted by atomic mass is 19.4. The van der Waals surface area contributed by atoms with E-state index in [4.69, 9.17) is 0 Å². The van der Waals surface area contributed by atoms with Crippen LogP contribution in [0.1, 0.15) is 32.1 Å². The second-order valence-electron chi connectivity index (χ2n) is 9.53. The van der Waals surface area contributed by atoms with Crippen LogP contribution in [0, 0.1) is 0 Å². The summed E-state index contributed by atoms with van der Waals surface area (Å²) < 4.78 is 46.0. The Bertz CT molecular complexity index is 1980. The number of alkyl halides is 3. The number of carbonyl (C=O) groups excluding carboxylic acids is 2. The van der Waals surface area contributed by atoms with Crippen molar-refractivity contribution in [1.29, 1.82) is 0 Å². The summed E-state index contributed by atoms with van der Waals surface area (Å²) in [5, 5.41) is 18.8. The summed E-state index contributed by atoms with van der Waals surface area (Å²) in [7, 11) is 3.27. The van der Waals surface area contributed by atoms with Gasteiger partial charge < -0.3 is 10.6 Å². The van der Waals surface area contributed by atoms with Crippen molar-refractivity contribution in [3.63, 3.8) is 0 Å². The number of rotatable bonds is 6. The molecule has 0 aliphatic rings. The van der Waals surface area contributed by atoms with Crippen LogP contribution in [0.25, 0.3) is 27.7 Å². The fourth-order valence-electron chi connectivity index (χ4n) is 4.73. The van der Waals surface area contributed by atoms with E-state index in [0.29, 0.717) is 15.5 Å². The van der Waals surface area contributed by atoms with E-state index < -0.39 is 23.7 Å². The van der Waals surface area contributed by atoms with Crippen molar-refractivity contribution >= 4 is 33.9 Å². The van der Waals surface area contributed by atoms with Crippen LogP contribution in [0.15, 0.2) is 73.3 Å². The zero-order chi connectivity index (χ0) is 29.6. The topological polar surface area (TPSA) is 124 Å². The number of amides is 2. The third kappa shape index (κ3) is 4.82. The minimum absolute atomic E-state index is 0.0259. The maximum absolute atomic E-state index is 14.2. The van der Waals surface area contributed by atoms with Gasteiger partial charge in [-0.15, -0.1) is 0 Å². The minimum Gasteiger partial charge on any atom is -0.346 e. The number of fused-ring (bicyclic) bond motifs is 2. The number of nitrogens with one attached hydrogen (secondary N) is 2. The molecule has 0 bridgehead atoms. The molecular weight excluding hydrogens is 551 g/mol. The van der Waals surface area contributed by atoms with Crippen LogP contribution >= 0.6 is 0 Å². The molecule has 0 saturated carbocycles. The number of benzene rings is 2. The number of carbonyl (C=O) groups is 2. The third-order valence-corrected chi connectivity index (χ3v) is 6.69. The lowest BCUT2D eigenvalue weighted by atomic mass is 10.0.